The van der Waals surface area contributed by atoms with Crippen molar-refractivity contribution >= 4 is 17.7 Å². The third-order valence-electron chi connectivity index (χ3n) is 3.51. The molecule has 7 nitrogen and oxygen atoms in total. The van der Waals surface area contributed by atoms with Crippen LogP contribution in [0.15, 0.2) is 53.9 Å². The summed E-state index contributed by atoms with van der Waals surface area (Å²) >= 11 is 1.14. The molecule has 2 heterocycles. The summed E-state index contributed by atoms with van der Waals surface area (Å²) in [5, 5.41) is 17.5. The second-order valence-corrected chi connectivity index (χ2v) is 6.49. The van der Waals surface area contributed by atoms with Crippen molar-refractivity contribution in [3.8, 4) is 22.8 Å². The third-order valence-corrected chi connectivity index (χ3v) is 4.54. The summed E-state index contributed by atoms with van der Waals surface area (Å²) in [6.45, 7) is 1.61. The molecule has 25 heavy (non-hydrogen) atoms. The van der Waals surface area contributed by atoms with Crippen LogP contribution in [0.25, 0.3) is 17.1 Å². The van der Waals surface area contributed by atoms with Crippen molar-refractivity contribution < 1.29 is 14.6 Å². The van der Waals surface area contributed by atoms with Gasteiger partial charge in [0, 0.05) is 23.6 Å². The minimum atomic E-state index is -0.905. The van der Waals surface area contributed by atoms with Gasteiger partial charge in [-0.05, 0) is 43.3 Å². The molecule has 0 amide bonds. The van der Waals surface area contributed by atoms with Crippen LogP contribution >= 0.6 is 11.8 Å². The standard InChI is InChI=1S/C17H16N4O3S/c1-11(16(22)23)25-17-20-19-15(12-4-3-9-18-10-12)21(17)13-5-7-14(24-2)8-6-13/h3-11H,1-2H3,(H,22,23)/t11-/m1/s1. The molecule has 1 atom stereocenters. The molecule has 0 radical (unpaired) electrons. The van der Waals surface area contributed by atoms with E-state index in [9.17, 15) is 9.90 Å². The summed E-state index contributed by atoms with van der Waals surface area (Å²) in [6.07, 6.45) is 3.37. The highest BCUT2D eigenvalue weighted by Crippen LogP contribution is 2.30. The van der Waals surface area contributed by atoms with E-state index in [2.05, 4.69) is 15.2 Å². The zero-order valence-corrected chi connectivity index (χ0v) is 14.5. The number of thioether (sulfide) groups is 1. The lowest BCUT2D eigenvalue weighted by molar-refractivity contribution is -0.136. The number of methoxy groups -OCH3 is 1. The number of nitrogens with zero attached hydrogens (tertiary/aromatic N) is 4. The number of hydrogen-bond donors (Lipinski definition) is 1. The van der Waals surface area contributed by atoms with Crippen molar-refractivity contribution in [2.75, 3.05) is 7.11 Å². The maximum absolute atomic E-state index is 11.2. The molecule has 0 aliphatic carbocycles. The topological polar surface area (TPSA) is 90.1 Å². The van der Waals surface area contributed by atoms with Crippen LogP contribution in [0.5, 0.6) is 5.75 Å². The average Bonchev–Trinajstić information content (AvgIpc) is 3.06. The van der Waals surface area contributed by atoms with E-state index >= 15 is 0 Å². The van der Waals surface area contributed by atoms with Crippen LogP contribution in [0.2, 0.25) is 0 Å². The zero-order chi connectivity index (χ0) is 17.8. The predicted octanol–water partition coefficient (Wildman–Crippen LogP) is 2.90. The highest BCUT2D eigenvalue weighted by Gasteiger charge is 2.21. The lowest BCUT2D eigenvalue weighted by Crippen LogP contribution is -2.12. The van der Waals surface area contributed by atoms with Crippen molar-refractivity contribution in [2.45, 2.75) is 17.3 Å². The summed E-state index contributed by atoms with van der Waals surface area (Å²) in [6, 6.07) is 11.1. The SMILES string of the molecule is COc1ccc(-n2c(S[C@H](C)C(=O)O)nnc2-c2cccnc2)cc1. The van der Waals surface area contributed by atoms with Gasteiger partial charge in [0.15, 0.2) is 11.0 Å². The van der Waals surface area contributed by atoms with Crippen LogP contribution in [-0.4, -0.2) is 43.2 Å². The minimum Gasteiger partial charge on any atom is -0.497 e. The van der Waals surface area contributed by atoms with E-state index < -0.39 is 11.2 Å². The van der Waals surface area contributed by atoms with Crippen LogP contribution in [0.3, 0.4) is 0 Å². The number of carboxylic acid groups (broad SMARTS) is 1. The second-order valence-electron chi connectivity index (χ2n) is 5.18. The number of pyridine rings is 1. The minimum absolute atomic E-state index is 0.499. The average molecular weight is 356 g/mol. The maximum atomic E-state index is 11.2. The van der Waals surface area contributed by atoms with Crippen molar-refractivity contribution in [3.63, 3.8) is 0 Å². The molecule has 0 unspecified atom stereocenters. The molecule has 0 bridgehead atoms. The molecule has 0 aliphatic heterocycles. The van der Waals surface area contributed by atoms with Gasteiger partial charge in [-0.15, -0.1) is 10.2 Å². The molecule has 0 fully saturated rings. The Morgan fingerprint density at radius 1 is 1.24 bits per heavy atom. The molecular weight excluding hydrogens is 340 g/mol. The zero-order valence-electron chi connectivity index (χ0n) is 13.7. The van der Waals surface area contributed by atoms with E-state index in [0.717, 1.165) is 28.8 Å². The Balaban J connectivity index is 2.10. The van der Waals surface area contributed by atoms with Crippen LogP contribution in [0.1, 0.15) is 6.92 Å². The Morgan fingerprint density at radius 2 is 2.00 bits per heavy atom. The molecule has 3 rings (SSSR count). The fraction of sp³-hybridized carbons (Fsp3) is 0.176. The quantitative estimate of drug-likeness (QED) is 0.679. The number of rotatable bonds is 6. The summed E-state index contributed by atoms with van der Waals surface area (Å²) in [5.74, 6) is 0.420. The third kappa shape index (κ3) is 3.63. The largest absolute Gasteiger partial charge is 0.497 e. The van der Waals surface area contributed by atoms with E-state index in [4.69, 9.17) is 4.74 Å². The maximum Gasteiger partial charge on any atom is 0.316 e. The van der Waals surface area contributed by atoms with Gasteiger partial charge >= 0.3 is 5.97 Å². The van der Waals surface area contributed by atoms with Crippen LogP contribution in [0.4, 0.5) is 0 Å². The molecular formula is C17H16N4O3S. The number of carbonyl (C=O) groups is 1. The second kappa shape index (κ2) is 7.35. The molecule has 2 aromatic heterocycles. The highest BCUT2D eigenvalue weighted by atomic mass is 32.2. The van der Waals surface area contributed by atoms with Gasteiger partial charge in [0.05, 0.1) is 7.11 Å². The van der Waals surface area contributed by atoms with Crippen LogP contribution in [0, 0.1) is 0 Å². The first-order valence-electron chi connectivity index (χ1n) is 7.50. The van der Waals surface area contributed by atoms with Gasteiger partial charge in [-0.25, -0.2) is 0 Å². The van der Waals surface area contributed by atoms with Crippen LogP contribution in [-0.2, 0) is 4.79 Å². The number of carboxylic acids is 1. The Morgan fingerprint density at radius 3 is 2.60 bits per heavy atom. The molecule has 1 aromatic carbocycles. The van der Waals surface area contributed by atoms with Crippen molar-refractivity contribution in [2.24, 2.45) is 0 Å². The van der Waals surface area contributed by atoms with E-state index in [-0.39, 0.29) is 0 Å². The first-order chi connectivity index (χ1) is 12.1. The van der Waals surface area contributed by atoms with Gasteiger partial charge in [-0.1, -0.05) is 11.8 Å². The van der Waals surface area contributed by atoms with Crippen molar-refractivity contribution in [1.82, 2.24) is 19.7 Å². The number of aromatic nitrogens is 4. The van der Waals surface area contributed by atoms with E-state index in [1.165, 1.54) is 0 Å². The predicted molar refractivity (Wildman–Crippen MR) is 94.1 cm³/mol. The lowest BCUT2D eigenvalue weighted by atomic mass is 10.2. The normalized spacial score (nSPS) is 11.9. The van der Waals surface area contributed by atoms with Gasteiger partial charge in [0.1, 0.15) is 11.0 Å². The summed E-state index contributed by atoms with van der Waals surface area (Å²) in [4.78, 5) is 15.3. The summed E-state index contributed by atoms with van der Waals surface area (Å²) in [5.41, 5.74) is 1.60. The molecule has 8 heteroatoms. The molecule has 0 aliphatic rings. The lowest BCUT2D eigenvalue weighted by Gasteiger charge is -2.12. The summed E-state index contributed by atoms with van der Waals surface area (Å²) in [7, 11) is 1.60. The molecule has 0 saturated carbocycles. The first kappa shape index (κ1) is 17.0. The summed E-state index contributed by atoms with van der Waals surface area (Å²) < 4.78 is 7.01. The number of benzene rings is 1. The number of aliphatic carboxylic acids is 1. The smallest absolute Gasteiger partial charge is 0.316 e. The fourth-order valence-electron chi connectivity index (χ4n) is 2.20. The van der Waals surface area contributed by atoms with E-state index in [1.54, 1.807) is 26.4 Å². The first-order valence-corrected chi connectivity index (χ1v) is 8.38. The van der Waals surface area contributed by atoms with Crippen molar-refractivity contribution in [1.29, 1.82) is 0 Å². The molecule has 0 saturated heterocycles. The van der Waals surface area contributed by atoms with Gasteiger partial charge in [0.25, 0.3) is 0 Å². The van der Waals surface area contributed by atoms with Gasteiger partial charge in [-0.3, -0.25) is 14.3 Å². The van der Waals surface area contributed by atoms with Gasteiger partial charge < -0.3 is 9.84 Å². The molecule has 3 aromatic rings. The Bertz CT molecular complexity index is 865. The van der Waals surface area contributed by atoms with Crippen molar-refractivity contribution in [3.05, 3.63) is 48.8 Å². The van der Waals surface area contributed by atoms with Gasteiger partial charge in [0.2, 0.25) is 0 Å². The molecule has 1 N–H and O–H groups in total. The van der Waals surface area contributed by atoms with Gasteiger partial charge in [-0.2, -0.15) is 0 Å². The van der Waals surface area contributed by atoms with E-state index in [0.29, 0.717) is 11.0 Å². The fourth-order valence-corrected chi connectivity index (χ4v) is 3.00. The Hall–Kier alpha value is -2.87. The number of hydrogen-bond acceptors (Lipinski definition) is 6. The highest BCUT2D eigenvalue weighted by molar-refractivity contribution is 8.00. The molecule has 0 spiro atoms. The Labute approximate surface area is 148 Å². The Kier molecular flexibility index (Phi) is 4.99. The van der Waals surface area contributed by atoms with Crippen LogP contribution < -0.4 is 4.74 Å². The molecule has 128 valence electrons. The number of ether oxygens (including phenoxy) is 1. The monoisotopic (exact) mass is 356 g/mol. The van der Waals surface area contributed by atoms with E-state index in [1.807, 2.05) is 41.0 Å².